The molecule has 2 N–H and O–H groups in total. The maximum atomic E-state index is 11.4. The minimum absolute atomic E-state index is 0.174. The summed E-state index contributed by atoms with van der Waals surface area (Å²) < 4.78 is 1.91. The monoisotopic (exact) mass is 281 g/mol. The van der Waals surface area contributed by atoms with E-state index in [4.69, 9.17) is 0 Å². The molecule has 0 bridgehead atoms. The molecule has 1 aromatic heterocycles. The maximum absolute atomic E-state index is 11.4. The van der Waals surface area contributed by atoms with E-state index in [1.54, 1.807) is 0 Å². The van der Waals surface area contributed by atoms with Crippen molar-refractivity contribution in [3.63, 3.8) is 0 Å². The van der Waals surface area contributed by atoms with Gasteiger partial charge in [-0.2, -0.15) is 0 Å². The fraction of sp³-hybridized carbons (Fsp3) is 0.182. The Morgan fingerprint density at radius 3 is 2.89 bits per heavy atom. The van der Waals surface area contributed by atoms with E-state index in [1.807, 2.05) is 24.3 Å². The summed E-state index contributed by atoms with van der Waals surface area (Å²) in [5.41, 5.74) is 0.928. The van der Waals surface area contributed by atoms with Crippen molar-refractivity contribution in [2.75, 3.05) is 12.8 Å². The van der Waals surface area contributed by atoms with E-state index in [2.05, 4.69) is 15.6 Å². The summed E-state index contributed by atoms with van der Waals surface area (Å²) >= 11 is 2.86. The van der Waals surface area contributed by atoms with Crippen LogP contribution in [0.5, 0.6) is 0 Å². The molecule has 18 heavy (non-hydrogen) atoms. The van der Waals surface area contributed by atoms with E-state index in [1.165, 1.54) is 30.1 Å². The van der Waals surface area contributed by atoms with Crippen LogP contribution in [-0.2, 0) is 4.79 Å². The highest BCUT2D eigenvalue weighted by molar-refractivity contribution is 8.01. The Kier molecular flexibility index (Phi) is 4.16. The molecule has 0 saturated carbocycles. The number of urea groups is 1. The number of nitrogens with one attached hydrogen (secondary N) is 2. The van der Waals surface area contributed by atoms with E-state index in [-0.39, 0.29) is 11.7 Å². The van der Waals surface area contributed by atoms with Gasteiger partial charge in [0.05, 0.1) is 16.0 Å². The normalized spacial score (nSPS) is 10.3. The summed E-state index contributed by atoms with van der Waals surface area (Å²) in [5.74, 6) is -0.161. The lowest BCUT2D eigenvalue weighted by molar-refractivity contribution is -0.117. The molecule has 2 aromatic rings. The predicted octanol–water partition coefficient (Wildman–Crippen LogP) is 1.84. The number of imide groups is 1. The van der Waals surface area contributed by atoms with Gasteiger partial charge >= 0.3 is 6.03 Å². The topological polar surface area (TPSA) is 71.1 Å². The van der Waals surface area contributed by atoms with E-state index in [0.717, 1.165) is 14.6 Å². The summed E-state index contributed by atoms with van der Waals surface area (Å²) in [7, 11) is 1.46. The molecule has 0 saturated heterocycles. The average molecular weight is 281 g/mol. The van der Waals surface area contributed by atoms with E-state index in [0.29, 0.717) is 0 Å². The Morgan fingerprint density at radius 2 is 2.17 bits per heavy atom. The SMILES string of the molecule is CNC(=O)NC(=O)CSc1nc2ccccc2s1. The molecule has 1 heterocycles. The third-order valence-corrected chi connectivity index (χ3v) is 4.26. The average Bonchev–Trinajstić information content (AvgIpc) is 2.79. The molecule has 2 rings (SSSR count). The van der Waals surface area contributed by atoms with E-state index in [9.17, 15) is 9.59 Å². The van der Waals surface area contributed by atoms with Crippen LogP contribution in [-0.4, -0.2) is 29.7 Å². The minimum atomic E-state index is -0.495. The molecule has 0 atom stereocenters. The van der Waals surface area contributed by atoms with Crippen LogP contribution in [0.3, 0.4) is 0 Å². The number of para-hydroxylation sites is 1. The Hall–Kier alpha value is -1.60. The first-order chi connectivity index (χ1) is 8.69. The van der Waals surface area contributed by atoms with Gasteiger partial charge in [0.2, 0.25) is 5.91 Å². The van der Waals surface area contributed by atoms with Crippen LogP contribution in [0.2, 0.25) is 0 Å². The van der Waals surface area contributed by atoms with E-state index < -0.39 is 6.03 Å². The van der Waals surface area contributed by atoms with Crippen molar-refractivity contribution in [3.8, 4) is 0 Å². The molecule has 0 fully saturated rings. The molecule has 0 aliphatic rings. The van der Waals surface area contributed by atoms with Gasteiger partial charge in [0.25, 0.3) is 0 Å². The number of benzene rings is 1. The van der Waals surface area contributed by atoms with Crippen molar-refractivity contribution < 1.29 is 9.59 Å². The summed E-state index contributed by atoms with van der Waals surface area (Å²) in [4.78, 5) is 26.7. The number of nitrogens with zero attached hydrogens (tertiary/aromatic N) is 1. The first kappa shape index (κ1) is 12.8. The van der Waals surface area contributed by atoms with Gasteiger partial charge in [-0.3, -0.25) is 10.1 Å². The number of rotatable bonds is 3. The molecule has 0 unspecified atom stereocenters. The highest BCUT2D eigenvalue weighted by Gasteiger charge is 2.09. The Bertz CT molecular complexity index is 549. The summed E-state index contributed by atoms with van der Waals surface area (Å²) in [6.07, 6.45) is 0. The minimum Gasteiger partial charge on any atom is -0.341 e. The molecule has 0 aliphatic heterocycles. The van der Waals surface area contributed by atoms with Gasteiger partial charge < -0.3 is 5.32 Å². The number of hydrogen-bond acceptors (Lipinski definition) is 5. The lowest BCUT2D eigenvalue weighted by Gasteiger charge is -2.00. The number of carbonyl (C=O) groups excluding carboxylic acids is 2. The highest BCUT2D eigenvalue weighted by Crippen LogP contribution is 2.28. The van der Waals surface area contributed by atoms with Gasteiger partial charge in [-0.15, -0.1) is 11.3 Å². The zero-order valence-corrected chi connectivity index (χ0v) is 11.2. The Morgan fingerprint density at radius 1 is 1.39 bits per heavy atom. The van der Waals surface area contributed by atoms with Gasteiger partial charge in [-0.1, -0.05) is 23.9 Å². The number of carbonyl (C=O) groups is 2. The largest absolute Gasteiger partial charge is 0.341 e. The van der Waals surface area contributed by atoms with Gasteiger partial charge in [-0.05, 0) is 12.1 Å². The number of thioether (sulfide) groups is 1. The van der Waals surface area contributed by atoms with Crippen LogP contribution < -0.4 is 10.6 Å². The molecule has 0 aliphatic carbocycles. The Labute approximate surface area is 112 Å². The third-order valence-electron chi connectivity index (χ3n) is 2.08. The van der Waals surface area contributed by atoms with Crippen LogP contribution >= 0.6 is 23.1 Å². The molecule has 0 spiro atoms. The molecule has 0 radical (unpaired) electrons. The number of thiazole rings is 1. The summed E-state index contributed by atoms with van der Waals surface area (Å²) in [6.45, 7) is 0. The van der Waals surface area contributed by atoms with Crippen LogP contribution in [0, 0.1) is 0 Å². The van der Waals surface area contributed by atoms with Crippen LogP contribution in [0.4, 0.5) is 4.79 Å². The lowest BCUT2D eigenvalue weighted by atomic mass is 10.3. The molecule has 7 heteroatoms. The zero-order chi connectivity index (χ0) is 13.0. The van der Waals surface area contributed by atoms with Gasteiger partial charge in [0.1, 0.15) is 0 Å². The lowest BCUT2D eigenvalue weighted by Crippen LogP contribution is -2.38. The second-order valence-corrected chi connectivity index (χ2v) is 5.62. The fourth-order valence-corrected chi connectivity index (χ4v) is 3.13. The van der Waals surface area contributed by atoms with Gasteiger partial charge in [0, 0.05) is 7.05 Å². The predicted molar refractivity (Wildman–Crippen MR) is 72.9 cm³/mol. The van der Waals surface area contributed by atoms with Crippen molar-refractivity contribution in [1.29, 1.82) is 0 Å². The number of hydrogen-bond donors (Lipinski definition) is 2. The molecule has 3 amide bonds. The number of aromatic nitrogens is 1. The smallest absolute Gasteiger partial charge is 0.321 e. The molecule has 5 nitrogen and oxygen atoms in total. The first-order valence-corrected chi connectivity index (χ1v) is 6.99. The van der Waals surface area contributed by atoms with Crippen molar-refractivity contribution >= 4 is 45.3 Å². The van der Waals surface area contributed by atoms with Crippen LogP contribution in [0.15, 0.2) is 28.6 Å². The molecular formula is C11H11N3O2S2. The second-order valence-electron chi connectivity index (χ2n) is 3.36. The van der Waals surface area contributed by atoms with Crippen molar-refractivity contribution in [2.24, 2.45) is 0 Å². The van der Waals surface area contributed by atoms with Crippen molar-refractivity contribution in [2.45, 2.75) is 4.34 Å². The van der Waals surface area contributed by atoms with Crippen LogP contribution in [0.1, 0.15) is 0 Å². The van der Waals surface area contributed by atoms with E-state index >= 15 is 0 Å². The van der Waals surface area contributed by atoms with Crippen molar-refractivity contribution in [1.82, 2.24) is 15.6 Å². The second kappa shape index (κ2) is 5.83. The standard InChI is InChI=1S/C11H11N3O2S2/c1-12-10(16)14-9(15)6-17-11-13-7-4-2-3-5-8(7)18-11/h2-5H,6H2,1H3,(H2,12,14,15,16). The quantitative estimate of drug-likeness (QED) is 0.842. The number of fused-ring (bicyclic) bond motifs is 1. The van der Waals surface area contributed by atoms with Gasteiger partial charge in [-0.25, -0.2) is 9.78 Å². The molecule has 1 aromatic carbocycles. The summed E-state index contributed by atoms with van der Waals surface area (Å²) in [5, 5.41) is 4.52. The molecule has 94 valence electrons. The number of amides is 3. The summed E-state index contributed by atoms with van der Waals surface area (Å²) in [6, 6.07) is 7.30. The first-order valence-electron chi connectivity index (χ1n) is 5.19. The maximum Gasteiger partial charge on any atom is 0.321 e. The fourth-order valence-electron chi connectivity index (χ4n) is 1.27. The van der Waals surface area contributed by atoms with Crippen LogP contribution in [0.25, 0.3) is 10.2 Å². The van der Waals surface area contributed by atoms with Crippen molar-refractivity contribution in [3.05, 3.63) is 24.3 Å². The zero-order valence-electron chi connectivity index (χ0n) is 9.60. The third kappa shape index (κ3) is 3.21. The Balaban J connectivity index is 1.94. The molecular weight excluding hydrogens is 270 g/mol. The highest BCUT2D eigenvalue weighted by atomic mass is 32.2. The van der Waals surface area contributed by atoms with Gasteiger partial charge in [0.15, 0.2) is 4.34 Å².